The highest BCUT2D eigenvalue weighted by atomic mass is 19.1. The topological polar surface area (TPSA) is 37.4 Å². The molecule has 1 aromatic carbocycles. The number of allylic oxidation sites excluding steroid dienone is 2. The van der Waals surface area contributed by atoms with Crippen molar-refractivity contribution in [1.29, 1.82) is 0 Å². The van der Waals surface area contributed by atoms with Crippen molar-refractivity contribution in [2.45, 2.75) is 19.8 Å². The van der Waals surface area contributed by atoms with Crippen LogP contribution in [0.3, 0.4) is 0 Å². The summed E-state index contributed by atoms with van der Waals surface area (Å²) in [6, 6.07) is 4.54. The molecule has 4 aliphatic rings. The fourth-order valence-corrected chi connectivity index (χ4v) is 4.11. The van der Waals surface area contributed by atoms with Gasteiger partial charge in [-0.2, -0.15) is 0 Å². The van der Waals surface area contributed by atoms with E-state index < -0.39 is 5.82 Å². The Hall–Kier alpha value is -1.97. The van der Waals surface area contributed by atoms with Crippen LogP contribution in [-0.4, -0.2) is 11.8 Å². The molecule has 1 saturated heterocycles. The van der Waals surface area contributed by atoms with Gasteiger partial charge in [0.2, 0.25) is 11.8 Å². The highest BCUT2D eigenvalue weighted by molar-refractivity contribution is 6.22. The number of imide groups is 1. The zero-order chi connectivity index (χ0) is 14.7. The fourth-order valence-electron chi connectivity index (χ4n) is 4.11. The lowest BCUT2D eigenvalue weighted by molar-refractivity contribution is -0.124. The molecular formula is C17H16FNO2. The number of hydrogen-bond donors (Lipinski definition) is 0. The summed E-state index contributed by atoms with van der Waals surface area (Å²) in [5, 5.41) is 0. The van der Waals surface area contributed by atoms with Gasteiger partial charge in [0.05, 0.1) is 17.5 Å². The van der Waals surface area contributed by atoms with Crippen molar-refractivity contribution in [2.75, 3.05) is 4.90 Å². The number of aryl methyl sites for hydroxylation is 1. The first-order valence-electron chi connectivity index (χ1n) is 7.40. The van der Waals surface area contributed by atoms with Crippen LogP contribution in [0.25, 0.3) is 0 Å². The Bertz CT molecular complexity index is 649. The maximum atomic E-state index is 14.1. The predicted octanol–water partition coefficient (Wildman–Crippen LogP) is 2.84. The quantitative estimate of drug-likeness (QED) is 0.588. The van der Waals surface area contributed by atoms with Crippen LogP contribution in [0.5, 0.6) is 0 Å². The number of carbonyl (C=O) groups is 2. The number of rotatable bonds is 1. The molecule has 1 aromatic rings. The monoisotopic (exact) mass is 285 g/mol. The molecule has 0 radical (unpaired) electrons. The molecule has 1 saturated carbocycles. The molecule has 1 heterocycles. The van der Waals surface area contributed by atoms with Gasteiger partial charge in [-0.3, -0.25) is 9.59 Å². The minimum atomic E-state index is -0.513. The maximum Gasteiger partial charge on any atom is 0.238 e. The Morgan fingerprint density at radius 2 is 1.62 bits per heavy atom. The number of amides is 2. The number of halogens is 1. The number of carbonyl (C=O) groups excluding carboxylic acids is 2. The largest absolute Gasteiger partial charge is 0.274 e. The Labute approximate surface area is 122 Å². The van der Waals surface area contributed by atoms with E-state index in [4.69, 9.17) is 0 Å². The molecule has 4 unspecified atom stereocenters. The van der Waals surface area contributed by atoms with E-state index in [0.717, 1.165) is 23.3 Å². The third-order valence-corrected chi connectivity index (χ3v) is 5.10. The molecule has 21 heavy (non-hydrogen) atoms. The molecule has 1 aliphatic heterocycles. The second kappa shape index (κ2) is 4.26. The lowest BCUT2D eigenvalue weighted by Crippen LogP contribution is -2.38. The van der Waals surface area contributed by atoms with E-state index in [1.807, 2.05) is 6.92 Å². The van der Waals surface area contributed by atoms with Gasteiger partial charge in [-0.25, -0.2) is 9.29 Å². The van der Waals surface area contributed by atoms with Gasteiger partial charge in [-0.15, -0.1) is 0 Å². The van der Waals surface area contributed by atoms with Crippen LogP contribution in [-0.2, 0) is 9.59 Å². The average Bonchev–Trinajstić information content (AvgIpc) is 2.77. The second-order valence-corrected chi connectivity index (χ2v) is 6.31. The van der Waals surface area contributed by atoms with Crippen molar-refractivity contribution in [3.63, 3.8) is 0 Å². The van der Waals surface area contributed by atoms with E-state index >= 15 is 0 Å². The smallest absolute Gasteiger partial charge is 0.238 e. The van der Waals surface area contributed by atoms with Crippen molar-refractivity contribution < 1.29 is 14.0 Å². The molecule has 4 heteroatoms. The van der Waals surface area contributed by atoms with Crippen molar-refractivity contribution in [3.8, 4) is 0 Å². The number of anilines is 1. The van der Waals surface area contributed by atoms with E-state index in [1.165, 1.54) is 6.07 Å². The lowest BCUT2D eigenvalue weighted by atomic mass is 9.63. The molecule has 0 N–H and O–H groups in total. The molecule has 2 fully saturated rings. The van der Waals surface area contributed by atoms with E-state index in [0.29, 0.717) is 0 Å². The number of fused-ring (bicyclic) bond motifs is 1. The minimum Gasteiger partial charge on any atom is -0.274 e. The Morgan fingerprint density at radius 1 is 1.05 bits per heavy atom. The van der Waals surface area contributed by atoms with Crippen molar-refractivity contribution >= 4 is 17.5 Å². The molecule has 4 atom stereocenters. The Kier molecular flexibility index (Phi) is 2.59. The summed E-state index contributed by atoms with van der Waals surface area (Å²) in [5.74, 6) is -1.28. The van der Waals surface area contributed by atoms with Gasteiger partial charge in [-0.05, 0) is 49.3 Å². The second-order valence-electron chi connectivity index (χ2n) is 6.31. The lowest BCUT2D eigenvalue weighted by Gasteiger charge is -2.38. The molecule has 2 bridgehead atoms. The molecule has 0 spiro atoms. The summed E-state index contributed by atoms with van der Waals surface area (Å²) in [7, 11) is 0. The van der Waals surface area contributed by atoms with Crippen molar-refractivity contribution in [1.82, 2.24) is 0 Å². The first-order valence-corrected chi connectivity index (χ1v) is 7.40. The van der Waals surface area contributed by atoms with Gasteiger partial charge in [-0.1, -0.05) is 18.2 Å². The molecule has 3 nitrogen and oxygen atoms in total. The molecule has 3 aliphatic carbocycles. The van der Waals surface area contributed by atoms with Gasteiger partial charge in [0, 0.05) is 0 Å². The van der Waals surface area contributed by atoms with Crippen LogP contribution >= 0.6 is 0 Å². The van der Waals surface area contributed by atoms with Crippen molar-refractivity contribution in [2.24, 2.45) is 23.7 Å². The molecule has 0 aromatic heterocycles. The highest BCUT2D eigenvalue weighted by Gasteiger charge is 2.57. The maximum absolute atomic E-state index is 14.1. The average molecular weight is 285 g/mol. The Morgan fingerprint density at radius 3 is 2.14 bits per heavy atom. The van der Waals surface area contributed by atoms with Crippen LogP contribution in [0, 0.1) is 36.4 Å². The fraction of sp³-hybridized carbons (Fsp3) is 0.412. The first-order chi connectivity index (χ1) is 10.1. The molecule has 108 valence electrons. The van der Waals surface area contributed by atoms with E-state index in [9.17, 15) is 14.0 Å². The molecule has 2 amide bonds. The molecular weight excluding hydrogens is 269 g/mol. The van der Waals surface area contributed by atoms with Crippen LogP contribution in [0.15, 0.2) is 30.4 Å². The standard InChI is InChI=1S/C17H16FNO2/c1-9-2-7-12(18)13(8-9)19-16(20)14-10-3-4-11(6-5-10)15(14)17(19)21/h2-4,7-8,10-11,14-15H,5-6H2,1H3. The first kappa shape index (κ1) is 12.7. The minimum absolute atomic E-state index is 0.110. The summed E-state index contributed by atoms with van der Waals surface area (Å²) >= 11 is 0. The van der Waals surface area contributed by atoms with Crippen LogP contribution in [0.2, 0.25) is 0 Å². The zero-order valence-corrected chi connectivity index (χ0v) is 11.8. The SMILES string of the molecule is Cc1ccc(F)c(N2C(=O)C3C4C=CC(CC4)C3C2=O)c1. The zero-order valence-electron chi connectivity index (χ0n) is 11.8. The number of benzene rings is 1. The van der Waals surface area contributed by atoms with Crippen LogP contribution < -0.4 is 4.90 Å². The summed E-state index contributed by atoms with van der Waals surface area (Å²) in [6.07, 6.45) is 6.03. The highest BCUT2D eigenvalue weighted by Crippen LogP contribution is 2.50. The summed E-state index contributed by atoms with van der Waals surface area (Å²) in [6.45, 7) is 1.83. The number of hydrogen-bond acceptors (Lipinski definition) is 2. The van der Waals surface area contributed by atoms with Crippen molar-refractivity contribution in [3.05, 3.63) is 41.7 Å². The third-order valence-electron chi connectivity index (χ3n) is 5.10. The third kappa shape index (κ3) is 1.65. The predicted molar refractivity (Wildman–Crippen MR) is 76.0 cm³/mol. The van der Waals surface area contributed by atoms with Gasteiger partial charge < -0.3 is 0 Å². The molecule has 5 rings (SSSR count). The van der Waals surface area contributed by atoms with Crippen LogP contribution in [0.4, 0.5) is 10.1 Å². The Balaban J connectivity index is 1.80. The van der Waals surface area contributed by atoms with E-state index in [1.54, 1.807) is 12.1 Å². The van der Waals surface area contributed by atoms with Gasteiger partial charge in [0.1, 0.15) is 5.82 Å². The summed E-state index contributed by atoms with van der Waals surface area (Å²) in [5.41, 5.74) is 0.946. The number of nitrogens with zero attached hydrogens (tertiary/aromatic N) is 1. The van der Waals surface area contributed by atoms with Gasteiger partial charge in [0.15, 0.2) is 0 Å². The summed E-state index contributed by atoms with van der Waals surface area (Å²) in [4.78, 5) is 26.5. The van der Waals surface area contributed by atoms with Gasteiger partial charge >= 0.3 is 0 Å². The van der Waals surface area contributed by atoms with E-state index in [-0.39, 0.29) is 41.2 Å². The summed E-state index contributed by atoms with van der Waals surface area (Å²) < 4.78 is 14.1. The van der Waals surface area contributed by atoms with Crippen LogP contribution in [0.1, 0.15) is 18.4 Å². The normalized spacial score (nSPS) is 33.7. The van der Waals surface area contributed by atoms with E-state index in [2.05, 4.69) is 12.2 Å². The van der Waals surface area contributed by atoms with Gasteiger partial charge in [0.25, 0.3) is 0 Å².